The monoisotopic (exact) mass is 254 g/mol. The molecule has 19 heavy (non-hydrogen) atoms. The van der Waals surface area contributed by atoms with E-state index in [4.69, 9.17) is 5.73 Å². The summed E-state index contributed by atoms with van der Waals surface area (Å²) in [7, 11) is 0. The first-order valence-electron chi connectivity index (χ1n) is 5.82. The number of rotatable bonds is 1. The molecule has 1 heterocycles. The molecule has 2 N–H and O–H groups in total. The Balaban J connectivity index is 2.09. The van der Waals surface area contributed by atoms with E-state index in [2.05, 4.69) is 0 Å². The summed E-state index contributed by atoms with van der Waals surface area (Å²) in [6.45, 7) is 0. The van der Waals surface area contributed by atoms with Gasteiger partial charge in [-0.2, -0.15) is 0 Å². The molecule has 0 saturated carbocycles. The quantitative estimate of drug-likeness (QED) is 0.678. The molecular weight excluding hydrogens is 243 g/mol. The number of carbonyl (C=O) groups excluding carboxylic acids is 1. The highest BCUT2D eigenvalue weighted by atomic mass is 19.1. The zero-order valence-electron chi connectivity index (χ0n) is 10.0. The van der Waals surface area contributed by atoms with Gasteiger partial charge in [0.1, 0.15) is 5.82 Å². The Morgan fingerprint density at radius 2 is 1.79 bits per heavy atom. The van der Waals surface area contributed by atoms with Gasteiger partial charge < -0.3 is 5.73 Å². The summed E-state index contributed by atoms with van der Waals surface area (Å²) >= 11 is 0. The van der Waals surface area contributed by atoms with Crippen LogP contribution in [-0.2, 0) is 0 Å². The summed E-state index contributed by atoms with van der Waals surface area (Å²) in [4.78, 5) is 12.3. The average molecular weight is 254 g/mol. The van der Waals surface area contributed by atoms with Crippen molar-refractivity contribution in [3.8, 4) is 0 Å². The van der Waals surface area contributed by atoms with Crippen LogP contribution in [0.5, 0.6) is 0 Å². The Bertz CT molecular complexity index is 759. The average Bonchev–Trinajstić information content (AvgIpc) is 2.81. The van der Waals surface area contributed by atoms with Crippen molar-refractivity contribution in [2.45, 2.75) is 0 Å². The summed E-state index contributed by atoms with van der Waals surface area (Å²) in [6.07, 6.45) is 1.69. The van der Waals surface area contributed by atoms with Crippen LogP contribution in [0.1, 0.15) is 10.4 Å². The maximum atomic E-state index is 12.9. The second kappa shape index (κ2) is 4.24. The Hall–Kier alpha value is -2.62. The predicted octanol–water partition coefficient (Wildman–Crippen LogP) is 3.05. The number of hydrogen-bond donors (Lipinski definition) is 1. The van der Waals surface area contributed by atoms with Gasteiger partial charge in [0.15, 0.2) is 0 Å². The zero-order valence-corrected chi connectivity index (χ0v) is 10.0. The summed E-state index contributed by atoms with van der Waals surface area (Å²) in [6, 6.07) is 12.7. The van der Waals surface area contributed by atoms with Crippen molar-refractivity contribution in [3.05, 3.63) is 66.1 Å². The standard InChI is InChI=1S/C15H11FN2O/c16-12-3-1-10(2-4-12)15(19)18-8-7-11-9-13(17)5-6-14(11)18/h1-9H,17H2. The molecule has 3 aromatic rings. The lowest BCUT2D eigenvalue weighted by molar-refractivity contribution is 0.0965. The molecule has 0 aliphatic heterocycles. The van der Waals surface area contributed by atoms with Crippen molar-refractivity contribution >= 4 is 22.5 Å². The van der Waals surface area contributed by atoms with Gasteiger partial charge in [0, 0.05) is 22.8 Å². The highest BCUT2D eigenvalue weighted by Crippen LogP contribution is 2.20. The van der Waals surface area contributed by atoms with Gasteiger partial charge in [-0.05, 0) is 48.5 Å². The molecule has 0 radical (unpaired) electrons. The van der Waals surface area contributed by atoms with Crippen LogP contribution in [-0.4, -0.2) is 10.5 Å². The van der Waals surface area contributed by atoms with Crippen molar-refractivity contribution in [1.29, 1.82) is 0 Å². The molecule has 0 saturated heterocycles. The topological polar surface area (TPSA) is 48.0 Å². The maximum Gasteiger partial charge on any atom is 0.262 e. The van der Waals surface area contributed by atoms with Crippen molar-refractivity contribution in [2.24, 2.45) is 0 Å². The molecule has 1 aromatic heterocycles. The van der Waals surface area contributed by atoms with Crippen LogP contribution in [0.2, 0.25) is 0 Å². The maximum absolute atomic E-state index is 12.9. The lowest BCUT2D eigenvalue weighted by Gasteiger charge is -2.04. The van der Waals surface area contributed by atoms with E-state index in [1.165, 1.54) is 28.8 Å². The smallest absolute Gasteiger partial charge is 0.262 e. The van der Waals surface area contributed by atoms with Gasteiger partial charge in [0.05, 0.1) is 5.52 Å². The first-order valence-corrected chi connectivity index (χ1v) is 5.82. The molecule has 0 aliphatic carbocycles. The SMILES string of the molecule is Nc1ccc2c(ccn2C(=O)c2ccc(F)cc2)c1. The Morgan fingerprint density at radius 1 is 1.05 bits per heavy atom. The van der Waals surface area contributed by atoms with Crippen LogP contribution in [0.3, 0.4) is 0 Å². The first kappa shape index (κ1) is 11.5. The number of carbonyl (C=O) groups is 1. The number of aromatic nitrogens is 1. The molecule has 0 fully saturated rings. The molecule has 94 valence electrons. The van der Waals surface area contributed by atoms with Gasteiger partial charge in [-0.15, -0.1) is 0 Å². The third-order valence-electron chi connectivity index (χ3n) is 3.02. The molecular formula is C15H11FN2O. The number of nitrogens with two attached hydrogens (primary N) is 1. The number of hydrogen-bond acceptors (Lipinski definition) is 2. The molecule has 0 amide bonds. The summed E-state index contributed by atoms with van der Waals surface area (Å²) in [5, 5.41) is 0.899. The normalized spacial score (nSPS) is 10.8. The minimum atomic E-state index is -0.360. The van der Waals surface area contributed by atoms with Gasteiger partial charge >= 0.3 is 0 Å². The summed E-state index contributed by atoms with van der Waals surface area (Å²) in [5.74, 6) is -0.554. The fraction of sp³-hybridized carbons (Fsp3) is 0. The lowest BCUT2D eigenvalue weighted by atomic mass is 10.2. The number of benzene rings is 2. The number of anilines is 1. The number of fused-ring (bicyclic) bond motifs is 1. The van der Waals surface area contributed by atoms with E-state index in [-0.39, 0.29) is 11.7 Å². The third-order valence-corrected chi connectivity index (χ3v) is 3.02. The van der Waals surface area contributed by atoms with Crippen LogP contribution >= 0.6 is 0 Å². The van der Waals surface area contributed by atoms with E-state index in [1.54, 1.807) is 18.3 Å². The van der Waals surface area contributed by atoms with E-state index in [9.17, 15) is 9.18 Å². The van der Waals surface area contributed by atoms with Gasteiger partial charge in [-0.3, -0.25) is 9.36 Å². The minimum absolute atomic E-state index is 0.195. The van der Waals surface area contributed by atoms with Gasteiger partial charge in [-0.25, -0.2) is 4.39 Å². The molecule has 4 heteroatoms. The van der Waals surface area contributed by atoms with Gasteiger partial charge in [0.2, 0.25) is 0 Å². The van der Waals surface area contributed by atoms with Crippen LogP contribution in [0.15, 0.2) is 54.7 Å². The molecule has 0 aliphatic rings. The van der Waals surface area contributed by atoms with E-state index < -0.39 is 0 Å². The Kier molecular flexibility index (Phi) is 2.56. The van der Waals surface area contributed by atoms with E-state index >= 15 is 0 Å². The van der Waals surface area contributed by atoms with E-state index in [0.29, 0.717) is 11.3 Å². The fourth-order valence-corrected chi connectivity index (χ4v) is 2.07. The van der Waals surface area contributed by atoms with Crippen molar-refractivity contribution in [2.75, 3.05) is 5.73 Å². The van der Waals surface area contributed by atoms with Crippen LogP contribution < -0.4 is 5.73 Å². The summed E-state index contributed by atoms with van der Waals surface area (Å²) in [5.41, 5.74) is 7.57. The van der Waals surface area contributed by atoms with Crippen LogP contribution in [0.4, 0.5) is 10.1 Å². The molecule has 0 spiro atoms. The van der Waals surface area contributed by atoms with Crippen molar-refractivity contribution in [3.63, 3.8) is 0 Å². The lowest BCUT2D eigenvalue weighted by Crippen LogP contribution is -2.10. The molecule has 0 unspecified atom stereocenters. The molecule has 3 nitrogen and oxygen atoms in total. The summed E-state index contributed by atoms with van der Waals surface area (Å²) < 4.78 is 14.4. The van der Waals surface area contributed by atoms with Gasteiger partial charge in [-0.1, -0.05) is 0 Å². The molecule has 3 rings (SSSR count). The molecule has 0 atom stereocenters. The van der Waals surface area contributed by atoms with Crippen molar-refractivity contribution < 1.29 is 9.18 Å². The van der Waals surface area contributed by atoms with E-state index in [1.807, 2.05) is 12.1 Å². The van der Waals surface area contributed by atoms with Crippen molar-refractivity contribution in [1.82, 2.24) is 4.57 Å². The van der Waals surface area contributed by atoms with E-state index in [0.717, 1.165) is 10.9 Å². The number of nitrogen functional groups attached to an aromatic ring is 1. The molecule has 0 bridgehead atoms. The number of halogens is 1. The van der Waals surface area contributed by atoms with Gasteiger partial charge in [0.25, 0.3) is 5.91 Å². The third kappa shape index (κ3) is 1.97. The minimum Gasteiger partial charge on any atom is -0.399 e. The molecule has 2 aromatic carbocycles. The second-order valence-corrected chi connectivity index (χ2v) is 4.32. The van der Waals surface area contributed by atoms with Crippen LogP contribution in [0.25, 0.3) is 10.9 Å². The zero-order chi connectivity index (χ0) is 13.4. The number of nitrogens with zero attached hydrogens (tertiary/aromatic N) is 1. The second-order valence-electron chi connectivity index (χ2n) is 4.32. The highest BCUT2D eigenvalue weighted by Gasteiger charge is 2.11. The first-order chi connectivity index (χ1) is 9.15. The highest BCUT2D eigenvalue weighted by molar-refractivity contribution is 6.02. The van der Waals surface area contributed by atoms with Crippen LogP contribution in [0, 0.1) is 5.82 Å². The largest absolute Gasteiger partial charge is 0.399 e. The Morgan fingerprint density at radius 3 is 2.53 bits per heavy atom. The predicted molar refractivity (Wildman–Crippen MR) is 72.5 cm³/mol. The fourth-order valence-electron chi connectivity index (χ4n) is 2.07. The Labute approximate surface area is 109 Å².